The summed E-state index contributed by atoms with van der Waals surface area (Å²) in [5, 5.41) is 0. The van der Waals surface area contributed by atoms with Gasteiger partial charge in [-0.1, -0.05) is 6.92 Å². The zero-order valence-corrected chi connectivity index (χ0v) is 8.86. The number of carbonyl (C=O) groups is 1. The summed E-state index contributed by atoms with van der Waals surface area (Å²) in [6, 6.07) is 0. The second-order valence-electron chi connectivity index (χ2n) is 3.41. The van der Waals surface area contributed by atoms with E-state index >= 15 is 0 Å². The van der Waals surface area contributed by atoms with E-state index in [0.717, 1.165) is 32.7 Å². The maximum atomic E-state index is 10.7. The molecule has 1 aliphatic rings. The van der Waals surface area contributed by atoms with Crippen LogP contribution in [-0.2, 0) is 4.79 Å². The van der Waals surface area contributed by atoms with E-state index in [1.165, 1.54) is 6.92 Å². The zero-order valence-electron chi connectivity index (χ0n) is 8.86. The predicted octanol–water partition coefficient (Wildman–Crippen LogP) is -0.515. The Hall–Kier alpha value is -1.10. The minimum absolute atomic E-state index is 0.236. The number of hydrogen-bond donors (Lipinski definition) is 1. The Morgan fingerprint density at radius 2 is 1.93 bits per heavy atom. The monoisotopic (exact) mass is 198 g/mol. The van der Waals surface area contributed by atoms with Crippen molar-refractivity contribution in [2.45, 2.75) is 13.8 Å². The van der Waals surface area contributed by atoms with Crippen molar-refractivity contribution in [2.24, 2.45) is 10.7 Å². The first-order valence-corrected chi connectivity index (χ1v) is 4.95. The van der Waals surface area contributed by atoms with Gasteiger partial charge in [0, 0.05) is 33.1 Å². The van der Waals surface area contributed by atoms with Crippen molar-refractivity contribution in [3.63, 3.8) is 0 Å². The molecule has 80 valence electrons. The molecule has 5 heteroatoms. The fourth-order valence-electron chi connectivity index (χ4n) is 1.53. The third-order valence-electron chi connectivity index (χ3n) is 2.42. The van der Waals surface area contributed by atoms with E-state index in [0.29, 0.717) is 5.96 Å². The fourth-order valence-corrected chi connectivity index (χ4v) is 1.53. The van der Waals surface area contributed by atoms with Crippen molar-refractivity contribution in [3.8, 4) is 0 Å². The molecule has 2 N–H and O–H groups in total. The number of amides is 1. The molecule has 1 aliphatic heterocycles. The van der Waals surface area contributed by atoms with Crippen LogP contribution in [-0.4, -0.2) is 54.4 Å². The predicted molar refractivity (Wildman–Crippen MR) is 56.0 cm³/mol. The van der Waals surface area contributed by atoms with Crippen molar-refractivity contribution >= 4 is 11.9 Å². The van der Waals surface area contributed by atoms with Crippen LogP contribution < -0.4 is 5.73 Å². The highest BCUT2D eigenvalue weighted by Gasteiger charge is 2.16. The van der Waals surface area contributed by atoms with Crippen molar-refractivity contribution in [2.75, 3.05) is 32.7 Å². The highest BCUT2D eigenvalue weighted by Crippen LogP contribution is 2.00. The summed E-state index contributed by atoms with van der Waals surface area (Å²) in [5.41, 5.74) is 5.67. The number of carbonyl (C=O) groups excluding carboxylic acids is 1. The Labute approximate surface area is 84.6 Å². The standard InChI is InChI=1S/C9H18N4O/c1-3-12-4-6-13(7-5-12)9(10)11-8(2)14/h3-7H2,1-2H3,(H2,10,11,14). The number of guanidine groups is 1. The van der Waals surface area contributed by atoms with E-state index < -0.39 is 0 Å². The van der Waals surface area contributed by atoms with E-state index in [9.17, 15) is 4.79 Å². The first-order chi connectivity index (χ1) is 6.63. The van der Waals surface area contributed by atoms with Crippen molar-refractivity contribution in [1.29, 1.82) is 0 Å². The van der Waals surface area contributed by atoms with Gasteiger partial charge in [0.2, 0.25) is 5.91 Å². The largest absolute Gasteiger partial charge is 0.369 e. The van der Waals surface area contributed by atoms with Gasteiger partial charge in [0.15, 0.2) is 5.96 Å². The lowest BCUT2D eigenvalue weighted by Gasteiger charge is -2.34. The molecule has 0 aromatic heterocycles. The molecule has 5 nitrogen and oxygen atoms in total. The minimum atomic E-state index is -0.236. The Morgan fingerprint density at radius 1 is 1.36 bits per heavy atom. The van der Waals surface area contributed by atoms with E-state index in [2.05, 4.69) is 16.8 Å². The second kappa shape index (κ2) is 4.95. The van der Waals surface area contributed by atoms with Gasteiger partial charge in [-0.05, 0) is 6.54 Å². The van der Waals surface area contributed by atoms with Crippen molar-refractivity contribution in [1.82, 2.24) is 9.80 Å². The summed E-state index contributed by atoms with van der Waals surface area (Å²) in [6.45, 7) is 8.32. The molecule has 0 radical (unpaired) electrons. The second-order valence-corrected chi connectivity index (χ2v) is 3.41. The summed E-state index contributed by atoms with van der Waals surface area (Å²) in [7, 11) is 0. The molecule has 0 spiro atoms. The number of aliphatic imine (C=N–C) groups is 1. The molecule has 1 fully saturated rings. The number of piperazine rings is 1. The number of hydrogen-bond acceptors (Lipinski definition) is 2. The lowest BCUT2D eigenvalue weighted by atomic mass is 10.3. The summed E-state index contributed by atoms with van der Waals surface area (Å²) in [5.74, 6) is 0.119. The van der Waals surface area contributed by atoms with Crippen LogP contribution >= 0.6 is 0 Å². The molecule has 0 aromatic rings. The molecule has 0 aromatic carbocycles. The van der Waals surface area contributed by atoms with E-state index in [1.54, 1.807) is 0 Å². The van der Waals surface area contributed by atoms with E-state index in [-0.39, 0.29) is 5.91 Å². The van der Waals surface area contributed by atoms with Crippen LogP contribution in [0.5, 0.6) is 0 Å². The van der Waals surface area contributed by atoms with Gasteiger partial charge >= 0.3 is 0 Å². The molecule has 0 atom stereocenters. The molecule has 0 bridgehead atoms. The van der Waals surface area contributed by atoms with E-state index in [4.69, 9.17) is 5.73 Å². The van der Waals surface area contributed by atoms with Crippen LogP contribution in [0.2, 0.25) is 0 Å². The fraction of sp³-hybridized carbons (Fsp3) is 0.778. The zero-order chi connectivity index (χ0) is 10.6. The van der Waals surface area contributed by atoms with Gasteiger partial charge < -0.3 is 15.5 Å². The van der Waals surface area contributed by atoms with Gasteiger partial charge in [0.1, 0.15) is 0 Å². The molecule has 1 rings (SSSR count). The summed E-state index contributed by atoms with van der Waals surface area (Å²) in [4.78, 5) is 18.7. The number of nitrogens with zero attached hydrogens (tertiary/aromatic N) is 3. The third-order valence-corrected chi connectivity index (χ3v) is 2.42. The Bertz CT molecular complexity index is 231. The number of nitrogens with two attached hydrogens (primary N) is 1. The van der Waals surface area contributed by atoms with Crippen LogP contribution in [0.15, 0.2) is 4.99 Å². The molecular formula is C9H18N4O. The van der Waals surface area contributed by atoms with Gasteiger partial charge in [-0.25, -0.2) is 0 Å². The summed E-state index contributed by atoms with van der Waals surface area (Å²) >= 11 is 0. The molecule has 14 heavy (non-hydrogen) atoms. The quantitative estimate of drug-likeness (QED) is 0.455. The highest BCUT2D eigenvalue weighted by atomic mass is 16.1. The van der Waals surface area contributed by atoms with Gasteiger partial charge in [-0.15, -0.1) is 0 Å². The maximum absolute atomic E-state index is 10.7. The van der Waals surface area contributed by atoms with Crippen LogP contribution in [0, 0.1) is 0 Å². The average molecular weight is 198 g/mol. The average Bonchev–Trinajstić information content (AvgIpc) is 2.17. The smallest absolute Gasteiger partial charge is 0.245 e. The molecular weight excluding hydrogens is 180 g/mol. The highest BCUT2D eigenvalue weighted by molar-refractivity contribution is 5.91. The van der Waals surface area contributed by atoms with Crippen molar-refractivity contribution < 1.29 is 4.79 Å². The topological polar surface area (TPSA) is 61.9 Å². The lowest BCUT2D eigenvalue weighted by molar-refractivity contribution is -0.115. The Balaban J connectivity index is 2.45. The Morgan fingerprint density at radius 3 is 2.36 bits per heavy atom. The van der Waals surface area contributed by atoms with Crippen LogP contribution in [0.25, 0.3) is 0 Å². The maximum Gasteiger partial charge on any atom is 0.245 e. The minimum Gasteiger partial charge on any atom is -0.369 e. The summed E-state index contributed by atoms with van der Waals surface area (Å²) < 4.78 is 0. The SMILES string of the molecule is CCN1CCN(/C(N)=N/C(C)=O)CC1. The van der Waals surface area contributed by atoms with Gasteiger partial charge in [-0.2, -0.15) is 4.99 Å². The molecule has 1 saturated heterocycles. The lowest BCUT2D eigenvalue weighted by Crippen LogP contribution is -2.51. The molecule has 0 saturated carbocycles. The molecule has 1 heterocycles. The first-order valence-electron chi connectivity index (χ1n) is 4.95. The first kappa shape index (κ1) is 11.0. The normalized spacial score (nSPS) is 19.9. The van der Waals surface area contributed by atoms with Gasteiger partial charge in [0.05, 0.1) is 0 Å². The van der Waals surface area contributed by atoms with Crippen LogP contribution in [0.3, 0.4) is 0 Å². The number of rotatable bonds is 1. The van der Waals surface area contributed by atoms with Crippen LogP contribution in [0.1, 0.15) is 13.8 Å². The summed E-state index contributed by atoms with van der Waals surface area (Å²) in [6.07, 6.45) is 0. The Kier molecular flexibility index (Phi) is 3.88. The van der Waals surface area contributed by atoms with E-state index in [1.807, 2.05) is 4.90 Å². The molecule has 0 unspecified atom stereocenters. The van der Waals surface area contributed by atoms with Crippen molar-refractivity contribution in [3.05, 3.63) is 0 Å². The van der Waals surface area contributed by atoms with Gasteiger partial charge in [-0.3, -0.25) is 4.79 Å². The third kappa shape index (κ3) is 2.99. The van der Waals surface area contributed by atoms with Gasteiger partial charge in [0.25, 0.3) is 0 Å². The molecule has 1 amide bonds. The molecule has 0 aliphatic carbocycles. The number of likely N-dealkylation sites (N-methyl/N-ethyl adjacent to an activating group) is 1. The van der Waals surface area contributed by atoms with Crippen LogP contribution in [0.4, 0.5) is 0 Å².